The van der Waals surface area contributed by atoms with E-state index in [9.17, 15) is 0 Å². The molecule has 0 spiro atoms. The molecular formula is C15H34N2. The van der Waals surface area contributed by atoms with Gasteiger partial charge in [-0.05, 0) is 53.1 Å². The van der Waals surface area contributed by atoms with Crippen molar-refractivity contribution >= 4 is 0 Å². The zero-order chi connectivity index (χ0) is 13.3. The van der Waals surface area contributed by atoms with Gasteiger partial charge in [-0.1, -0.05) is 27.2 Å². The third-order valence-electron chi connectivity index (χ3n) is 3.89. The highest BCUT2D eigenvalue weighted by Crippen LogP contribution is 2.13. The molecule has 0 rings (SSSR count). The van der Waals surface area contributed by atoms with Crippen molar-refractivity contribution in [2.75, 3.05) is 13.1 Å². The molecule has 0 aliphatic heterocycles. The van der Waals surface area contributed by atoms with Crippen molar-refractivity contribution in [3.8, 4) is 0 Å². The van der Waals surface area contributed by atoms with Crippen LogP contribution in [0.2, 0.25) is 0 Å². The zero-order valence-electron chi connectivity index (χ0n) is 12.9. The molecule has 0 amide bonds. The molecule has 0 saturated carbocycles. The fourth-order valence-electron chi connectivity index (χ4n) is 2.23. The van der Waals surface area contributed by atoms with Crippen LogP contribution in [0, 0.1) is 0 Å². The van der Waals surface area contributed by atoms with E-state index in [1.165, 1.54) is 32.2 Å². The number of nitrogens with one attached hydrogen (secondary N) is 1. The lowest BCUT2D eigenvalue weighted by Crippen LogP contribution is -2.50. The predicted molar refractivity (Wildman–Crippen MR) is 78.6 cm³/mol. The van der Waals surface area contributed by atoms with E-state index in [-0.39, 0.29) is 0 Å². The minimum absolute atomic E-state index is 0.584. The molecule has 0 bridgehead atoms. The van der Waals surface area contributed by atoms with Crippen LogP contribution in [-0.4, -0.2) is 36.1 Å². The summed E-state index contributed by atoms with van der Waals surface area (Å²) in [5.41, 5.74) is 0. The van der Waals surface area contributed by atoms with E-state index in [4.69, 9.17) is 0 Å². The van der Waals surface area contributed by atoms with Crippen LogP contribution in [0.15, 0.2) is 0 Å². The van der Waals surface area contributed by atoms with E-state index in [0.717, 1.165) is 6.54 Å². The van der Waals surface area contributed by atoms with Gasteiger partial charge in [-0.2, -0.15) is 0 Å². The summed E-state index contributed by atoms with van der Waals surface area (Å²) in [6.07, 6.45) is 5.06. The lowest BCUT2D eigenvalue weighted by atomic mass is 10.1. The Hall–Kier alpha value is -0.0800. The van der Waals surface area contributed by atoms with Crippen molar-refractivity contribution in [3.63, 3.8) is 0 Å². The monoisotopic (exact) mass is 242 g/mol. The highest BCUT2D eigenvalue weighted by atomic mass is 15.2. The molecule has 0 fully saturated rings. The summed E-state index contributed by atoms with van der Waals surface area (Å²) >= 11 is 0. The second kappa shape index (κ2) is 9.90. The van der Waals surface area contributed by atoms with E-state index in [1.54, 1.807) is 0 Å². The third-order valence-corrected chi connectivity index (χ3v) is 3.89. The molecular weight excluding hydrogens is 208 g/mol. The van der Waals surface area contributed by atoms with Crippen LogP contribution >= 0.6 is 0 Å². The molecule has 2 heteroatoms. The van der Waals surface area contributed by atoms with E-state index in [0.29, 0.717) is 18.1 Å². The van der Waals surface area contributed by atoms with Crippen LogP contribution in [0.3, 0.4) is 0 Å². The molecule has 0 aromatic carbocycles. The zero-order valence-corrected chi connectivity index (χ0v) is 12.9. The van der Waals surface area contributed by atoms with Gasteiger partial charge in [-0.15, -0.1) is 0 Å². The van der Waals surface area contributed by atoms with E-state index < -0.39 is 0 Å². The minimum Gasteiger partial charge on any atom is -0.313 e. The van der Waals surface area contributed by atoms with Crippen LogP contribution < -0.4 is 5.32 Å². The molecule has 0 heterocycles. The van der Waals surface area contributed by atoms with Gasteiger partial charge in [0, 0.05) is 18.1 Å². The largest absolute Gasteiger partial charge is 0.313 e. The topological polar surface area (TPSA) is 15.3 Å². The Morgan fingerprint density at radius 1 is 1.00 bits per heavy atom. The Morgan fingerprint density at radius 2 is 1.65 bits per heavy atom. The van der Waals surface area contributed by atoms with Crippen molar-refractivity contribution in [2.24, 2.45) is 0 Å². The fourth-order valence-corrected chi connectivity index (χ4v) is 2.23. The Kier molecular flexibility index (Phi) is 9.85. The van der Waals surface area contributed by atoms with Crippen LogP contribution in [0.4, 0.5) is 0 Å². The number of hydrogen-bond donors (Lipinski definition) is 1. The van der Waals surface area contributed by atoms with Crippen molar-refractivity contribution in [3.05, 3.63) is 0 Å². The van der Waals surface area contributed by atoms with Gasteiger partial charge < -0.3 is 5.32 Å². The van der Waals surface area contributed by atoms with Gasteiger partial charge in [0.05, 0.1) is 0 Å². The van der Waals surface area contributed by atoms with E-state index in [2.05, 4.69) is 51.8 Å². The predicted octanol–water partition coefficient (Wildman–Crippen LogP) is 3.66. The van der Waals surface area contributed by atoms with Crippen molar-refractivity contribution in [2.45, 2.75) is 85.4 Å². The van der Waals surface area contributed by atoms with Crippen LogP contribution in [0.25, 0.3) is 0 Å². The van der Waals surface area contributed by atoms with Gasteiger partial charge in [0.1, 0.15) is 0 Å². The van der Waals surface area contributed by atoms with Crippen molar-refractivity contribution in [1.82, 2.24) is 10.2 Å². The fraction of sp³-hybridized carbons (Fsp3) is 1.00. The molecule has 2 nitrogen and oxygen atoms in total. The summed E-state index contributed by atoms with van der Waals surface area (Å²) in [7, 11) is 0. The third kappa shape index (κ3) is 6.42. The van der Waals surface area contributed by atoms with Gasteiger partial charge in [0.15, 0.2) is 0 Å². The van der Waals surface area contributed by atoms with Crippen LogP contribution in [0.5, 0.6) is 0 Å². The molecule has 3 unspecified atom stereocenters. The number of unbranched alkanes of at least 4 members (excludes halogenated alkanes) is 1. The summed E-state index contributed by atoms with van der Waals surface area (Å²) < 4.78 is 0. The highest BCUT2D eigenvalue weighted by molar-refractivity contribution is 4.80. The molecule has 104 valence electrons. The van der Waals surface area contributed by atoms with Crippen LogP contribution in [0.1, 0.15) is 67.2 Å². The normalized spacial score (nSPS) is 17.1. The molecule has 0 aliphatic rings. The molecule has 17 heavy (non-hydrogen) atoms. The van der Waals surface area contributed by atoms with Gasteiger partial charge in [0.25, 0.3) is 0 Å². The van der Waals surface area contributed by atoms with E-state index in [1.807, 2.05) is 0 Å². The maximum atomic E-state index is 3.63. The number of nitrogens with zero attached hydrogens (tertiary/aromatic N) is 1. The van der Waals surface area contributed by atoms with Gasteiger partial charge in [-0.25, -0.2) is 0 Å². The first-order valence-electron chi connectivity index (χ1n) is 7.57. The quantitative estimate of drug-likeness (QED) is 0.629. The highest BCUT2D eigenvalue weighted by Gasteiger charge is 2.22. The average Bonchev–Trinajstić information content (AvgIpc) is 2.35. The van der Waals surface area contributed by atoms with Gasteiger partial charge >= 0.3 is 0 Å². The maximum Gasteiger partial charge on any atom is 0.0221 e. The lowest BCUT2D eigenvalue weighted by Gasteiger charge is -2.37. The molecule has 0 saturated heterocycles. The Morgan fingerprint density at radius 3 is 2.12 bits per heavy atom. The molecule has 0 aromatic rings. The first-order valence-corrected chi connectivity index (χ1v) is 7.57. The lowest BCUT2D eigenvalue weighted by molar-refractivity contribution is 0.122. The Labute approximate surface area is 109 Å². The first-order chi connectivity index (χ1) is 8.08. The number of rotatable bonds is 10. The molecule has 0 radical (unpaired) electrons. The van der Waals surface area contributed by atoms with Gasteiger partial charge in [-0.3, -0.25) is 4.90 Å². The van der Waals surface area contributed by atoms with Crippen molar-refractivity contribution in [1.29, 1.82) is 0 Å². The second-order valence-electron chi connectivity index (χ2n) is 5.33. The standard InChI is InChI=1S/C15H34N2/c1-7-10-12-17(13(4)9-3)15(6)14(5)16-11-8-2/h13-16H,7-12H2,1-6H3. The Bertz CT molecular complexity index is 170. The summed E-state index contributed by atoms with van der Waals surface area (Å²) in [4.78, 5) is 2.68. The SMILES string of the molecule is CCCCN(C(C)CC)C(C)C(C)NCCC. The molecule has 0 aliphatic carbocycles. The average molecular weight is 242 g/mol. The summed E-state index contributed by atoms with van der Waals surface area (Å²) in [6, 6.07) is 1.91. The second-order valence-corrected chi connectivity index (χ2v) is 5.33. The molecule has 3 atom stereocenters. The molecule has 1 N–H and O–H groups in total. The minimum atomic E-state index is 0.584. The molecule has 0 aromatic heterocycles. The van der Waals surface area contributed by atoms with Crippen LogP contribution in [-0.2, 0) is 0 Å². The number of hydrogen-bond acceptors (Lipinski definition) is 2. The van der Waals surface area contributed by atoms with Gasteiger partial charge in [0.2, 0.25) is 0 Å². The first kappa shape index (κ1) is 16.9. The maximum absolute atomic E-state index is 3.63. The summed E-state index contributed by atoms with van der Waals surface area (Å²) in [5.74, 6) is 0. The Balaban J connectivity index is 4.33. The van der Waals surface area contributed by atoms with Crippen molar-refractivity contribution < 1.29 is 0 Å². The summed E-state index contributed by atoms with van der Waals surface area (Å²) in [5, 5.41) is 3.63. The van der Waals surface area contributed by atoms with E-state index >= 15 is 0 Å². The summed E-state index contributed by atoms with van der Waals surface area (Å²) in [6.45, 7) is 16.2. The smallest absolute Gasteiger partial charge is 0.0221 e.